The van der Waals surface area contributed by atoms with E-state index in [9.17, 15) is 14.7 Å². The molecule has 106 valence electrons. The van der Waals surface area contributed by atoms with Crippen LogP contribution in [0.25, 0.3) is 0 Å². The van der Waals surface area contributed by atoms with Crippen molar-refractivity contribution in [2.24, 2.45) is 11.8 Å². The Morgan fingerprint density at radius 1 is 1.20 bits per heavy atom. The van der Waals surface area contributed by atoms with Gasteiger partial charge in [0.15, 0.2) is 0 Å². The van der Waals surface area contributed by atoms with Crippen LogP contribution in [0.5, 0.6) is 0 Å². The topological polar surface area (TPSA) is 78.5 Å². The number of carboxylic acid groups (broad SMARTS) is 1. The Morgan fingerprint density at radius 3 is 2.50 bits per heavy atom. The second kappa shape index (κ2) is 5.07. The van der Waals surface area contributed by atoms with Gasteiger partial charge in [0.1, 0.15) is 0 Å². The molecule has 1 N–H and O–H groups in total. The molecule has 6 heteroatoms. The van der Waals surface area contributed by atoms with Gasteiger partial charge in [-0.1, -0.05) is 23.7 Å². The van der Waals surface area contributed by atoms with Crippen LogP contribution in [0.2, 0.25) is 5.02 Å². The largest absolute Gasteiger partial charge is 0.550 e. The van der Waals surface area contributed by atoms with E-state index in [-0.39, 0.29) is 12.0 Å². The molecule has 2 aliphatic heterocycles. The van der Waals surface area contributed by atoms with Gasteiger partial charge in [-0.05, 0) is 25.0 Å². The number of rotatable bonds is 3. The fourth-order valence-electron chi connectivity index (χ4n) is 3.09. The first kappa shape index (κ1) is 13.4. The normalized spacial score (nSPS) is 31.2. The number of amides is 1. The molecule has 20 heavy (non-hydrogen) atoms. The first-order valence-corrected chi connectivity index (χ1v) is 6.87. The van der Waals surface area contributed by atoms with Gasteiger partial charge in [0.25, 0.3) is 0 Å². The Kier molecular flexibility index (Phi) is 3.40. The lowest BCUT2D eigenvalue weighted by atomic mass is 9.78. The molecule has 2 aliphatic rings. The van der Waals surface area contributed by atoms with Crippen LogP contribution in [0.15, 0.2) is 24.3 Å². The standard InChI is InChI=1S/C14H14ClNO4/c15-7-3-1-2-4-8(7)16-13(17)11-9-5-6-10(20-9)12(11)14(18)19/h1-4,9-12H,5-6H2,(H,16,17)(H,18,19)/p-1/t9-,10+,11-,12+/m1/s1. The lowest BCUT2D eigenvalue weighted by Crippen LogP contribution is -2.46. The van der Waals surface area contributed by atoms with Gasteiger partial charge in [0.2, 0.25) is 5.91 Å². The average Bonchev–Trinajstić information content (AvgIpc) is 3.01. The lowest BCUT2D eigenvalue weighted by Gasteiger charge is -2.27. The van der Waals surface area contributed by atoms with Crippen molar-refractivity contribution < 1.29 is 19.4 Å². The molecule has 2 saturated heterocycles. The van der Waals surface area contributed by atoms with Crippen molar-refractivity contribution in [3.05, 3.63) is 29.3 Å². The summed E-state index contributed by atoms with van der Waals surface area (Å²) in [5.41, 5.74) is 0.471. The van der Waals surface area contributed by atoms with Gasteiger partial charge in [-0.2, -0.15) is 0 Å². The van der Waals surface area contributed by atoms with Crippen LogP contribution >= 0.6 is 11.6 Å². The minimum absolute atomic E-state index is 0.342. The molecule has 1 aromatic rings. The Bertz CT molecular complexity index is 562. The number of benzene rings is 1. The highest BCUT2D eigenvalue weighted by Crippen LogP contribution is 2.43. The van der Waals surface area contributed by atoms with Gasteiger partial charge in [-0.15, -0.1) is 0 Å². The number of carbonyl (C=O) groups is 2. The van der Waals surface area contributed by atoms with Gasteiger partial charge >= 0.3 is 0 Å². The highest BCUT2D eigenvalue weighted by Gasteiger charge is 2.52. The summed E-state index contributed by atoms with van der Waals surface area (Å²) in [5, 5.41) is 14.3. The summed E-state index contributed by atoms with van der Waals surface area (Å²) in [6.07, 6.45) is 0.617. The maximum absolute atomic E-state index is 12.3. The summed E-state index contributed by atoms with van der Waals surface area (Å²) >= 11 is 5.98. The quantitative estimate of drug-likeness (QED) is 0.895. The fourth-order valence-corrected chi connectivity index (χ4v) is 3.27. The summed E-state index contributed by atoms with van der Waals surface area (Å²) in [6, 6.07) is 6.82. The third kappa shape index (κ3) is 2.17. The molecule has 2 bridgehead atoms. The van der Waals surface area contributed by atoms with E-state index in [1.54, 1.807) is 24.3 Å². The summed E-state index contributed by atoms with van der Waals surface area (Å²) in [4.78, 5) is 23.6. The van der Waals surface area contributed by atoms with Crippen molar-refractivity contribution in [2.45, 2.75) is 25.0 Å². The van der Waals surface area contributed by atoms with Gasteiger partial charge in [0.05, 0.1) is 28.8 Å². The Balaban J connectivity index is 1.80. The van der Waals surface area contributed by atoms with Crippen LogP contribution in [0.3, 0.4) is 0 Å². The summed E-state index contributed by atoms with van der Waals surface area (Å²) in [5.74, 6) is -3.19. The Labute approximate surface area is 120 Å². The zero-order valence-electron chi connectivity index (χ0n) is 10.5. The maximum atomic E-state index is 12.3. The third-order valence-corrected chi connectivity index (χ3v) is 4.31. The molecule has 2 heterocycles. The molecule has 0 saturated carbocycles. The zero-order valence-corrected chi connectivity index (χ0v) is 11.3. The van der Waals surface area contributed by atoms with Crippen LogP contribution in [0.4, 0.5) is 5.69 Å². The predicted octanol–water partition coefficient (Wildman–Crippen LogP) is 0.822. The average molecular weight is 295 g/mol. The number of aliphatic carboxylic acids is 1. The van der Waals surface area contributed by atoms with Crippen molar-refractivity contribution in [3.8, 4) is 0 Å². The van der Waals surface area contributed by atoms with Crippen molar-refractivity contribution >= 4 is 29.2 Å². The molecule has 0 spiro atoms. The van der Waals surface area contributed by atoms with Crippen molar-refractivity contribution in [2.75, 3.05) is 5.32 Å². The summed E-state index contributed by atoms with van der Waals surface area (Å²) in [6.45, 7) is 0. The number of hydrogen-bond acceptors (Lipinski definition) is 4. The molecule has 2 fully saturated rings. The number of halogens is 1. The number of nitrogens with one attached hydrogen (secondary N) is 1. The van der Waals surface area contributed by atoms with Crippen LogP contribution in [-0.4, -0.2) is 24.1 Å². The number of anilines is 1. The third-order valence-electron chi connectivity index (χ3n) is 3.98. The first-order valence-electron chi connectivity index (χ1n) is 6.49. The van der Waals surface area contributed by atoms with E-state index >= 15 is 0 Å². The van der Waals surface area contributed by atoms with E-state index in [4.69, 9.17) is 16.3 Å². The maximum Gasteiger partial charge on any atom is 0.230 e. The van der Waals surface area contributed by atoms with E-state index < -0.39 is 23.9 Å². The van der Waals surface area contributed by atoms with E-state index in [0.29, 0.717) is 23.6 Å². The van der Waals surface area contributed by atoms with Crippen LogP contribution in [0.1, 0.15) is 12.8 Å². The first-order chi connectivity index (χ1) is 9.58. The van der Waals surface area contributed by atoms with Crippen LogP contribution in [0, 0.1) is 11.8 Å². The lowest BCUT2D eigenvalue weighted by molar-refractivity contribution is -0.313. The van der Waals surface area contributed by atoms with Gasteiger partial charge < -0.3 is 20.0 Å². The molecule has 0 radical (unpaired) electrons. The predicted molar refractivity (Wildman–Crippen MR) is 70.0 cm³/mol. The van der Waals surface area contributed by atoms with Crippen LogP contribution < -0.4 is 10.4 Å². The fraction of sp³-hybridized carbons (Fsp3) is 0.429. The number of carbonyl (C=O) groups excluding carboxylic acids is 2. The molecular formula is C14H13ClNO4-. The van der Waals surface area contributed by atoms with Crippen molar-refractivity contribution in [1.29, 1.82) is 0 Å². The smallest absolute Gasteiger partial charge is 0.230 e. The molecule has 1 aromatic carbocycles. The molecule has 0 unspecified atom stereocenters. The molecule has 1 amide bonds. The molecule has 0 aromatic heterocycles. The number of hydrogen-bond donors (Lipinski definition) is 1. The highest BCUT2D eigenvalue weighted by molar-refractivity contribution is 6.33. The Hall–Kier alpha value is -1.59. The van der Waals surface area contributed by atoms with E-state index in [1.165, 1.54) is 0 Å². The number of ether oxygens (including phenoxy) is 1. The van der Waals surface area contributed by atoms with Crippen LogP contribution in [-0.2, 0) is 14.3 Å². The molecule has 3 rings (SSSR count). The monoisotopic (exact) mass is 294 g/mol. The van der Waals surface area contributed by atoms with Crippen molar-refractivity contribution in [1.82, 2.24) is 0 Å². The zero-order chi connectivity index (χ0) is 14.3. The van der Waals surface area contributed by atoms with Gasteiger partial charge in [-0.3, -0.25) is 4.79 Å². The Morgan fingerprint density at radius 2 is 1.85 bits per heavy atom. The second-order valence-corrected chi connectivity index (χ2v) is 5.54. The van der Waals surface area contributed by atoms with E-state index in [2.05, 4.69) is 5.32 Å². The molecular weight excluding hydrogens is 282 g/mol. The SMILES string of the molecule is O=C([O-])[C@@H]1[C@H](C(=O)Nc2ccccc2Cl)[C@H]2CC[C@@H]1O2. The van der Waals surface area contributed by atoms with E-state index in [0.717, 1.165) is 0 Å². The summed E-state index contributed by atoms with van der Waals surface area (Å²) in [7, 11) is 0. The van der Waals surface area contributed by atoms with Crippen molar-refractivity contribution in [3.63, 3.8) is 0 Å². The molecule has 4 atom stereocenters. The minimum atomic E-state index is -1.23. The second-order valence-electron chi connectivity index (χ2n) is 5.13. The molecule has 5 nitrogen and oxygen atoms in total. The number of carboxylic acids is 1. The van der Waals surface area contributed by atoms with Gasteiger partial charge in [-0.25, -0.2) is 0 Å². The number of fused-ring (bicyclic) bond motifs is 2. The van der Waals surface area contributed by atoms with E-state index in [1.807, 2.05) is 0 Å². The molecule has 0 aliphatic carbocycles. The summed E-state index contributed by atoms with van der Waals surface area (Å²) < 4.78 is 5.53. The highest BCUT2D eigenvalue weighted by atomic mass is 35.5. The number of para-hydroxylation sites is 1. The van der Waals surface area contributed by atoms with Gasteiger partial charge in [0, 0.05) is 11.9 Å². The minimum Gasteiger partial charge on any atom is -0.550 e.